The monoisotopic (exact) mass is 274 g/mol. The van der Waals surface area contributed by atoms with Gasteiger partial charge in [0.1, 0.15) is 0 Å². The van der Waals surface area contributed by atoms with Crippen LogP contribution in [0.4, 0.5) is 0 Å². The number of nitrogens with two attached hydrogens (primary N) is 1. The van der Waals surface area contributed by atoms with Crippen molar-refractivity contribution in [2.75, 3.05) is 18.8 Å². The van der Waals surface area contributed by atoms with E-state index in [0.29, 0.717) is 13.1 Å². The van der Waals surface area contributed by atoms with Crippen molar-refractivity contribution in [1.29, 1.82) is 0 Å². The summed E-state index contributed by atoms with van der Waals surface area (Å²) in [4.78, 5) is 12.6. The molecule has 17 heavy (non-hydrogen) atoms. The third-order valence-corrected chi connectivity index (χ3v) is 3.23. The molecule has 0 aliphatic carbocycles. The lowest BCUT2D eigenvalue weighted by molar-refractivity contribution is -0.124. The van der Waals surface area contributed by atoms with E-state index in [1.807, 2.05) is 25.1 Å². The lowest BCUT2D eigenvalue weighted by atomic mass is 10.2. The predicted molar refractivity (Wildman–Crippen MR) is 75.6 cm³/mol. The zero-order valence-electron chi connectivity index (χ0n) is 9.89. The minimum Gasteiger partial charge on any atom is -0.355 e. The molecule has 1 aromatic carbocycles. The maximum Gasteiger partial charge on any atom is 0.224 e. The Bertz CT molecular complexity index is 322. The number of rotatable bonds is 6. The van der Waals surface area contributed by atoms with Crippen LogP contribution in [0.1, 0.15) is 6.92 Å². The summed E-state index contributed by atoms with van der Waals surface area (Å²) in [5, 5.41) is 2.86. The van der Waals surface area contributed by atoms with Crippen molar-refractivity contribution in [3.05, 3.63) is 30.3 Å². The molecule has 0 saturated carbocycles. The van der Waals surface area contributed by atoms with Crippen LogP contribution >= 0.6 is 24.2 Å². The fourth-order valence-electron chi connectivity index (χ4n) is 1.14. The Morgan fingerprint density at radius 2 is 2.06 bits per heavy atom. The van der Waals surface area contributed by atoms with Gasteiger partial charge in [0.05, 0.1) is 0 Å². The van der Waals surface area contributed by atoms with Gasteiger partial charge in [-0.2, -0.15) is 0 Å². The highest BCUT2D eigenvalue weighted by Crippen LogP contribution is 2.15. The SMILES string of the molecule is CC(CN)C(=O)NCCSc1ccccc1.Cl. The molecule has 3 N–H and O–H groups in total. The molecule has 1 amide bonds. The molecule has 0 aliphatic heterocycles. The number of thioether (sulfide) groups is 1. The van der Waals surface area contributed by atoms with E-state index in [2.05, 4.69) is 17.4 Å². The van der Waals surface area contributed by atoms with Crippen molar-refractivity contribution < 1.29 is 4.79 Å². The third kappa shape index (κ3) is 6.56. The van der Waals surface area contributed by atoms with Crippen LogP contribution in [0.5, 0.6) is 0 Å². The molecule has 1 aromatic rings. The van der Waals surface area contributed by atoms with Crippen LogP contribution in [0.15, 0.2) is 35.2 Å². The number of carbonyl (C=O) groups is 1. The largest absolute Gasteiger partial charge is 0.355 e. The fraction of sp³-hybridized carbons (Fsp3) is 0.417. The van der Waals surface area contributed by atoms with E-state index in [9.17, 15) is 4.79 Å². The number of nitrogens with one attached hydrogen (secondary N) is 1. The first-order valence-electron chi connectivity index (χ1n) is 5.39. The number of hydrogen-bond acceptors (Lipinski definition) is 3. The third-order valence-electron chi connectivity index (χ3n) is 2.21. The molecule has 0 aromatic heterocycles. The van der Waals surface area contributed by atoms with E-state index >= 15 is 0 Å². The zero-order chi connectivity index (χ0) is 11.8. The molecule has 0 saturated heterocycles. The van der Waals surface area contributed by atoms with Gasteiger partial charge in [-0.1, -0.05) is 25.1 Å². The van der Waals surface area contributed by atoms with E-state index in [1.165, 1.54) is 4.90 Å². The molecule has 1 unspecified atom stereocenters. The molecule has 1 rings (SSSR count). The second-order valence-electron chi connectivity index (χ2n) is 3.59. The molecule has 96 valence electrons. The van der Waals surface area contributed by atoms with Crippen LogP contribution in [0.2, 0.25) is 0 Å². The molecule has 1 atom stereocenters. The van der Waals surface area contributed by atoms with Crippen molar-refractivity contribution in [1.82, 2.24) is 5.32 Å². The van der Waals surface area contributed by atoms with Crippen molar-refractivity contribution >= 4 is 30.1 Å². The van der Waals surface area contributed by atoms with Crippen LogP contribution in [0, 0.1) is 5.92 Å². The second-order valence-corrected chi connectivity index (χ2v) is 4.76. The first kappa shape index (κ1) is 16.3. The summed E-state index contributed by atoms with van der Waals surface area (Å²) in [6.45, 7) is 2.92. The van der Waals surface area contributed by atoms with Crippen LogP contribution in [-0.4, -0.2) is 24.7 Å². The highest BCUT2D eigenvalue weighted by atomic mass is 35.5. The number of halogens is 1. The summed E-state index contributed by atoms with van der Waals surface area (Å²) >= 11 is 1.74. The van der Waals surface area contributed by atoms with Gasteiger partial charge < -0.3 is 11.1 Å². The van der Waals surface area contributed by atoms with Gasteiger partial charge in [0.2, 0.25) is 5.91 Å². The number of hydrogen-bond donors (Lipinski definition) is 2. The number of carbonyl (C=O) groups excluding carboxylic acids is 1. The van der Waals surface area contributed by atoms with E-state index < -0.39 is 0 Å². The quantitative estimate of drug-likeness (QED) is 0.615. The second kappa shape index (κ2) is 9.33. The number of benzene rings is 1. The average molecular weight is 275 g/mol. The smallest absolute Gasteiger partial charge is 0.224 e. The van der Waals surface area contributed by atoms with Gasteiger partial charge in [0, 0.05) is 29.7 Å². The van der Waals surface area contributed by atoms with Crippen molar-refractivity contribution in [2.24, 2.45) is 11.7 Å². The Kier molecular flexibility index (Phi) is 8.94. The molecule has 5 heteroatoms. The highest BCUT2D eigenvalue weighted by Gasteiger charge is 2.08. The Hall–Kier alpha value is -0.710. The topological polar surface area (TPSA) is 55.1 Å². The molecular formula is C12H19ClN2OS. The van der Waals surface area contributed by atoms with Crippen molar-refractivity contribution in [2.45, 2.75) is 11.8 Å². The van der Waals surface area contributed by atoms with Crippen LogP contribution in [0.25, 0.3) is 0 Å². The molecule has 0 heterocycles. The molecule has 0 fully saturated rings. The molecule has 0 bridgehead atoms. The molecule has 0 aliphatic rings. The summed E-state index contributed by atoms with van der Waals surface area (Å²) in [7, 11) is 0. The Morgan fingerprint density at radius 3 is 2.65 bits per heavy atom. The first-order chi connectivity index (χ1) is 7.74. The van der Waals surface area contributed by atoms with Crippen LogP contribution < -0.4 is 11.1 Å². The highest BCUT2D eigenvalue weighted by molar-refractivity contribution is 7.99. The first-order valence-corrected chi connectivity index (χ1v) is 6.38. The minimum atomic E-state index is -0.0956. The summed E-state index contributed by atoms with van der Waals surface area (Å²) < 4.78 is 0. The summed E-state index contributed by atoms with van der Waals surface area (Å²) in [5.41, 5.74) is 5.40. The minimum absolute atomic E-state index is 0. The average Bonchev–Trinajstić information content (AvgIpc) is 2.34. The number of amides is 1. The summed E-state index contributed by atoms with van der Waals surface area (Å²) in [6.07, 6.45) is 0. The Labute approximate surface area is 113 Å². The van der Waals surface area contributed by atoms with Gasteiger partial charge in [-0.25, -0.2) is 0 Å². The van der Waals surface area contributed by atoms with Crippen LogP contribution in [-0.2, 0) is 4.79 Å². The molecule has 3 nitrogen and oxygen atoms in total. The standard InChI is InChI=1S/C12H18N2OS.ClH/c1-10(9-13)12(15)14-7-8-16-11-5-3-2-4-6-11;/h2-6,10H,7-9,13H2,1H3,(H,14,15);1H. The Morgan fingerprint density at radius 1 is 1.41 bits per heavy atom. The van der Waals surface area contributed by atoms with E-state index in [4.69, 9.17) is 5.73 Å². The maximum absolute atomic E-state index is 11.4. The van der Waals surface area contributed by atoms with Gasteiger partial charge >= 0.3 is 0 Å². The normalized spacial score (nSPS) is 11.4. The van der Waals surface area contributed by atoms with E-state index in [1.54, 1.807) is 11.8 Å². The van der Waals surface area contributed by atoms with E-state index in [-0.39, 0.29) is 24.2 Å². The maximum atomic E-state index is 11.4. The Balaban J connectivity index is 0.00000256. The molecule has 0 radical (unpaired) electrons. The van der Waals surface area contributed by atoms with Crippen LogP contribution in [0.3, 0.4) is 0 Å². The fourth-order valence-corrected chi connectivity index (χ4v) is 1.93. The van der Waals surface area contributed by atoms with Gasteiger partial charge in [0.15, 0.2) is 0 Å². The van der Waals surface area contributed by atoms with Crippen molar-refractivity contribution in [3.8, 4) is 0 Å². The predicted octanol–water partition coefficient (Wildman–Crippen LogP) is 1.91. The molecule has 0 spiro atoms. The molecular weight excluding hydrogens is 256 g/mol. The summed E-state index contributed by atoms with van der Waals surface area (Å²) in [6, 6.07) is 10.1. The van der Waals surface area contributed by atoms with E-state index in [0.717, 1.165) is 5.75 Å². The van der Waals surface area contributed by atoms with Gasteiger partial charge in [-0.15, -0.1) is 24.2 Å². The van der Waals surface area contributed by atoms with Crippen molar-refractivity contribution in [3.63, 3.8) is 0 Å². The zero-order valence-corrected chi connectivity index (χ0v) is 11.5. The summed E-state index contributed by atoms with van der Waals surface area (Å²) in [5.74, 6) is 0.824. The van der Waals surface area contributed by atoms with Gasteiger partial charge in [0.25, 0.3) is 0 Å². The van der Waals surface area contributed by atoms with Gasteiger partial charge in [-0.3, -0.25) is 4.79 Å². The lowest BCUT2D eigenvalue weighted by Gasteiger charge is -2.09. The lowest BCUT2D eigenvalue weighted by Crippen LogP contribution is -2.34. The van der Waals surface area contributed by atoms with Gasteiger partial charge in [-0.05, 0) is 12.1 Å².